The highest BCUT2D eigenvalue weighted by molar-refractivity contribution is 5.84. The summed E-state index contributed by atoms with van der Waals surface area (Å²) >= 11 is 0. The third-order valence-electron chi connectivity index (χ3n) is 7.30. The molecule has 3 fully saturated rings. The highest BCUT2D eigenvalue weighted by Gasteiger charge is 2.35. The van der Waals surface area contributed by atoms with Crippen LogP contribution in [0.4, 0.5) is 0 Å². The van der Waals surface area contributed by atoms with Crippen LogP contribution in [0.25, 0.3) is 0 Å². The Kier molecular flexibility index (Phi) is 6.88. The number of amides is 2. The average Bonchev–Trinajstić information content (AvgIpc) is 3.28. The van der Waals surface area contributed by atoms with Gasteiger partial charge in [0.15, 0.2) is 0 Å². The van der Waals surface area contributed by atoms with Crippen LogP contribution in [0.15, 0.2) is 18.5 Å². The summed E-state index contributed by atoms with van der Waals surface area (Å²) in [5.74, 6) is 1.89. The molecular formula is C23H36N4O2. The van der Waals surface area contributed by atoms with Gasteiger partial charge in [0.2, 0.25) is 11.8 Å². The lowest BCUT2D eigenvalue weighted by atomic mass is 9.87. The van der Waals surface area contributed by atoms with Crippen LogP contribution in [-0.4, -0.2) is 57.6 Å². The van der Waals surface area contributed by atoms with Gasteiger partial charge < -0.3 is 9.80 Å². The molecule has 2 amide bonds. The van der Waals surface area contributed by atoms with Gasteiger partial charge in [-0.05, 0) is 56.4 Å². The maximum atomic E-state index is 13.1. The molecule has 0 radical (unpaired) electrons. The number of hydrogen-bond acceptors (Lipinski definition) is 3. The molecule has 0 spiro atoms. The number of carbonyl (C=O) groups excluding carboxylic acids is 2. The first-order chi connectivity index (χ1) is 14.2. The third-order valence-corrected chi connectivity index (χ3v) is 7.30. The van der Waals surface area contributed by atoms with Crippen LogP contribution in [0.2, 0.25) is 0 Å². The molecule has 160 valence electrons. The summed E-state index contributed by atoms with van der Waals surface area (Å²) in [6.07, 6.45) is 14.9. The molecule has 1 saturated carbocycles. The third kappa shape index (κ3) is 5.40. The number of piperidine rings is 2. The molecule has 2 saturated heterocycles. The Labute approximate surface area is 174 Å². The van der Waals surface area contributed by atoms with E-state index in [2.05, 4.69) is 10.00 Å². The SMILES string of the molecule is O=C1CC[C@@H](C(=O)N2CCC(CCn3cccn3)CC2)CN1CC1CCCCC1. The van der Waals surface area contributed by atoms with Gasteiger partial charge in [-0.25, -0.2) is 0 Å². The monoisotopic (exact) mass is 400 g/mol. The number of nitrogens with zero attached hydrogens (tertiary/aromatic N) is 4. The quantitative estimate of drug-likeness (QED) is 0.736. The minimum atomic E-state index is 0.0110. The molecule has 2 aliphatic heterocycles. The van der Waals surface area contributed by atoms with Crippen molar-refractivity contribution in [2.75, 3.05) is 26.2 Å². The molecule has 0 aromatic carbocycles. The van der Waals surface area contributed by atoms with E-state index in [1.807, 2.05) is 28.0 Å². The molecule has 29 heavy (non-hydrogen) atoms. The van der Waals surface area contributed by atoms with Gasteiger partial charge in [0.05, 0.1) is 5.92 Å². The van der Waals surface area contributed by atoms with Crippen molar-refractivity contribution in [1.82, 2.24) is 19.6 Å². The molecule has 3 aliphatic rings. The Hall–Kier alpha value is -1.85. The topological polar surface area (TPSA) is 58.4 Å². The summed E-state index contributed by atoms with van der Waals surface area (Å²) in [6.45, 7) is 4.23. The summed E-state index contributed by atoms with van der Waals surface area (Å²) in [5, 5.41) is 4.28. The first-order valence-corrected chi connectivity index (χ1v) is 11.7. The summed E-state index contributed by atoms with van der Waals surface area (Å²) in [4.78, 5) is 29.6. The number of aromatic nitrogens is 2. The van der Waals surface area contributed by atoms with Gasteiger partial charge in [-0.15, -0.1) is 0 Å². The molecular weight excluding hydrogens is 364 g/mol. The Morgan fingerprint density at radius 2 is 1.83 bits per heavy atom. The second-order valence-corrected chi connectivity index (χ2v) is 9.36. The largest absolute Gasteiger partial charge is 0.342 e. The molecule has 1 atom stereocenters. The molecule has 6 heteroatoms. The lowest BCUT2D eigenvalue weighted by Gasteiger charge is -2.39. The van der Waals surface area contributed by atoms with Crippen LogP contribution in [-0.2, 0) is 16.1 Å². The predicted molar refractivity (Wildman–Crippen MR) is 112 cm³/mol. The lowest BCUT2D eigenvalue weighted by molar-refractivity contribution is -0.144. The van der Waals surface area contributed by atoms with Crippen molar-refractivity contribution in [2.24, 2.45) is 17.8 Å². The number of likely N-dealkylation sites (tertiary alicyclic amines) is 2. The van der Waals surface area contributed by atoms with Crippen molar-refractivity contribution in [3.8, 4) is 0 Å². The molecule has 3 heterocycles. The standard InChI is InChI=1S/C23H36N4O2/c28-22-8-7-21(18-26(22)17-20-5-2-1-3-6-20)23(29)25-14-9-19(10-15-25)11-16-27-13-4-12-24-27/h4,12-13,19-21H,1-3,5-11,14-18H2/t21-/m1/s1. The van der Waals surface area contributed by atoms with Crippen molar-refractivity contribution in [3.05, 3.63) is 18.5 Å². The number of rotatable bonds is 6. The number of hydrogen-bond donors (Lipinski definition) is 0. The first kappa shape index (κ1) is 20.4. The van der Waals surface area contributed by atoms with Crippen LogP contribution < -0.4 is 0 Å². The Bertz CT molecular complexity index is 660. The molecule has 1 aromatic heterocycles. The van der Waals surface area contributed by atoms with E-state index in [-0.39, 0.29) is 17.7 Å². The maximum absolute atomic E-state index is 13.1. The van der Waals surface area contributed by atoms with Crippen molar-refractivity contribution in [2.45, 2.75) is 70.8 Å². The van der Waals surface area contributed by atoms with E-state index in [1.165, 1.54) is 32.1 Å². The van der Waals surface area contributed by atoms with Gasteiger partial charge in [-0.1, -0.05) is 19.3 Å². The Morgan fingerprint density at radius 1 is 1.03 bits per heavy atom. The number of aryl methyl sites for hydroxylation is 1. The highest BCUT2D eigenvalue weighted by Crippen LogP contribution is 2.29. The lowest BCUT2D eigenvalue weighted by Crippen LogP contribution is -2.50. The fraction of sp³-hybridized carbons (Fsp3) is 0.783. The average molecular weight is 401 g/mol. The Morgan fingerprint density at radius 3 is 2.55 bits per heavy atom. The van der Waals surface area contributed by atoms with Crippen molar-refractivity contribution >= 4 is 11.8 Å². The zero-order valence-electron chi connectivity index (χ0n) is 17.7. The van der Waals surface area contributed by atoms with E-state index in [9.17, 15) is 9.59 Å². The summed E-state index contributed by atoms with van der Waals surface area (Å²) in [6, 6.07) is 1.97. The molecule has 0 bridgehead atoms. The highest BCUT2D eigenvalue weighted by atomic mass is 16.2. The second kappa shape index (κ2) is 9.77. The van der Waals surface area contributed by atoms with E-state index in [0.29, 0.717) is 24.8 Å². The van der Waals surface area contributed by atoms with Gasteiger partial charge in [-0.2, -0.15) is 5.10 Å². The van der Waals surface area contributed by atoms with E-state index >= 15 is 0 Å². The van der Waals surface area contributed by atoms with Gasteiger partial charge in [0.1, 0.15) is 0 Å². The fourth-order valence-electron chi connectivity index (χ4n) is 5.42. The normalized spacial score (nSPS) is 24.8. The summed E-state index contributed by atoms with van der Waals surface area (Å²) in [5.41, 5.74) is 0. The van der Waals surface area contributed by atoms with Crippen molar-refractivity contribution in [1.29, 1.82) is 0 Å². The summed E-state index contributed by atoms with van der Waals surface area (Å²) < 4.78 is 2.00. The molecule has 4 rings (SSSR count). The van der Waals surface area contributed by atoms with Gasteiger partial charge in [0.25, 0.3) is 0 Å². The maximum Gasteiger partial charge on any atom is 0.227 e. The van der Waals surface area contributed by atoms with Gasteiger partial charge in [-0.3, -0.25) is 14.3 Å². The molecule has 6 nitrogen and oxygen atoms in total. The predicted octanol–water partition coefficient (Wildman–Crippen LogP) is 3.33. The minimum Gasteiger partial charge on any atom is -0.342 e. The first-order valence-electron chi connectivity index (χ1n) is 11.7. The van der Waals surface area contributed by atoms with Crippen LogP contribution >= 0.6 is 0 Å². The van der Waals surface area contributed by atoms with Crippen LogP contribution in [0, 0.1) is 17.8 Å². The summed E-state index contributed by atoms with van der Waals surface area (Å²) in [7, 11) is 0. The van der Waals surface area contributed by atoms with Gasteiger partial charge in [0, 0.05) is 51.5 Å². The number of carbonyl (C=O) groups is 2. The van der Waals surface area contributed by atoms with Crippen molar-refractivity contribution in [3.63, 3.8) is 0 Å². The zero-order valence-corrected chi connectivity index (χ0v) is 17.7. The smallest absolute Gasteiger partial charge is 0.227 e. The van der Waals surface area contributed by atoms with Crippen molar-refractivity contribution < 1.29 is 9.59 Å². The molecule has 0 unspecified atom stereocenters. The van der Waals surface area contributed by atoms with Gasteiger partial charge >= 0.3 is 0 Å². The van der Waals surface area contributed by atoms with E-state index < -0.39 is 0 Å². The van der Waals surface area contributed by atoms with E-state index in [1.54, 1.807) is 0 Å². The zero-order chi connectivity index (χ0) is 20.1. The van der Waals surface area contributed by atoms with E-state index in [0.717, 1.165) is 51.9 Å². The minimum absolute atomic E-state index is 0.0110. The van der Waals surface area contributed by atoms with Crippen LogP contribution in [0.1, 0.15) is 64.2 Å². The van der Waals surface area contributed by atoms with Crippen LogP contribution in [0.3, 0.4) is 0 Å². The molecule has 0 N–H and O–H groups in total. The van der Waals surface area contributed by atoms with E-state index in [4.69, 9.17) is 0 Å². The fourth-order valence-corrected chi connectivity index (χ4v) is 5.42. The molecule has 1 aliphatic carbocycles. The van der Waals surface area contributed by atoms with Crippen LogP contribution in [0.5, 0.6) is 0 Å². The molecule has 1 aromatic rings. The second-order valence-electron chi connectivity index (χ2n) is 9.36. The Balaban J connectivity index is 1.23.